The van der Waals surface area contributed by atoms with Crippen LogP contribution in [-0.4, -0.2) is 35.6 Å². The van der Waals surface area contributed by atoms with Crippen LogP contribution < -0.4 is 5.32 Å². The molecule has 2 atom stereocenters. The second kappa shape index (κ2) is 4.24. The maximum atomic E-state index is 3.82. The zero-order chi connectivity index (χ0) is 12.0. The Morgan fingerprint density at radius 2 is 1.94 bits per heavy atom. The van der Waals surface area contributed by atoms with E-state index >= 15 is 0 Å². The zero-order valence-electron chi connectivity index (χ0n) is 11.7. The highest BCUT2D eigenvalue weighted by molar-refractivity contribution is 5.03. The highest BCUT2D eigenvalue weighted by Crippen LogP contribution is 2.42. The van der Waals surface area contributed by atoms with Gasteiger partial charge in [0, 0.05) is 30.7 Å². The molecule has 3 fully saturated rings. The van der Waals surface area contributed by atoms with Crippen LogP contribution in [0.15, 0.2) is 0 Å². The molecule has 1 heterocycles. The molecule has 2 nitrogen and oxygen atoms in total. The van der Waals surface area contributed by atoms with Gasteiger partial charge in [-0.15, -0.1) is 0 Å². The summed E-state index contributed by atoms with van der Waals surface area (Å²) in [5.41, 5.74) is 0.532. The van der Waals surface area contributed by atoms with Gasteiger partial charge >= 0.3 is 0 Å². The maximum Gasteiger partial charge on any atom is 0.0249 e. The molecule has 0 aromatic carbocycles. The Labute approximate surface area is 106 Å². The first-order valence-electron chi connectivity index (χ1n) is 7.60. The Hall–Kier alpha value is -0.0800. The molecular weight excluding hydrogens is 208 g/mol. The van der Waals surface area contributed by atoms with Gasteiger partial charge in [0.25, 0.3) is 0 Å². The number of nitrogens with zero attached hydrogens (tertiary/aromatic N) is 1. The van der Waals surface area contributed by atoms with Gasteiger partial charge in [0.05, 0.1) is 0 Å². The fourth-order valence-electron chi connectivity index (χ4n) is 3.80. The van der Waals surface area contributed by atoms with Crippen molar-refractivity contribution in [2.75, 3.05) is 13.1 Å². The van der Waals surface area contributed by atoms with E-state index in [1.807, 2.05) is 0 Å². The summed E-state index contributed by atoms with van der Waals surface area (Å²) in [6.07, 6.45) is 7.23. The summed E-state index contributed by atoms with van der Waals surface area (Å²) < 4.78 is 0. The summed E-state index contributed by atoms with van der Waals surface area (Å²) in [6, 6.07) is 1.55. The average Bonchev–Trinajstić information content (AvgIpc) is 3.08. The molecule has 0 spiro atoms. The third-order valence-electron chi connectivity index (χ3n) is 5.47. The summed E-state index contributed by atoms with van der Waals surface area (Å²) in [5, 5.41) is 3.82. The van der Waals surface area contributed by atoms with Crippen LogP contribution in [0.2, 0.25) is 0 Å². The van der Waals surface area contributed by atoms with E-state index in [0.717, 1.165) is 23.9 Å². The van der Waals surface area contributed by atoms with Gasteiger partial charge < -0.3 is 5.32 Å². The molecule has 2 saturated carbocycles. The highest BCUT2D eigenvalue weighted by atomic mass is 15.3. The van der Waals surface area contributed by atoms with Gasteiger partial charge in [-0.25, -0.2) is 0 Å². The molecule has 1 aliphatic heterocycles. The van der Waals surface area contributed by atoms with Crippen LogP contribution in [0.1, 0.15) is 52.9 Å². The SMILES string of the molecule is CC(C)C1CNC(C2CC2)CN1C1(C)CCC1. The smallest absolute Gasteiger partial charge is 0.0249 e. The predicted octanol–water partition coefficient (Wildman–Crippen LogP) is 2.64. The van der Waals surface area contributed by atoms with Crippen LogP contribution in [0.4, 0.5) is 0 Å². The molecule has 1 saturated heterocycles. The van der Waals surface area contributed by atoms with Gasteiger partial charge in [-0.1, -0.05) is 13.8 Å². The molecule has 1 N–H and O–H groups in total. The molecule has 3 aliphatic rings. The first kappa shape index (κ1) is 12.0. The van der Waals surface area contributed by atoms with E-state index < -0.39 is 0 Å². The van der Waals surface area contributed by atoms with E-state index in [2.05, 4.69) is 31.0 Å². The fraction of sp³-hybridized carbons (Fsp3) is 1.00. The van der Waals surface area contributed by atoms with E-state index in [0.29, 0.717) is 5.54 Å². The van der Waals surface area contributed by atoms with Crippen molar-refractivity contribution >= 4 is 0 Å². The second-order valence-electron chi connectivity index (χ2n) is 7.17. The minimum Gasteiger partial charge on any atom is -0.311 e. The van der Waals surface area contributed by atoms with Crippen LogP contribution >= 0.6 is 0 Å². The van der Waals surface area contributed by atoms with Crippen LogP contribution in [-0.2, 0) is 0 Å². The van der Waals surface area contributed by atoms with E-state index in [9.17, 15) is 0 Å². The Kier molecular flexibility index (Phi) is 2.99. The van der Waals surface area contributed by atoms with Crippen molar-refractivity contribution in [2.24, 2.45) is 11.8 Å². The molecule has 17 heavy (non-hydrogen) atoms. The van der Waals surface area contributed by atoms with E-state index in [1.54, 1.807) is 0 Å². The topological polar surface area (TPSA) is 15.3 Å². The van der Waals surface area contributed by atoms with Crippen molar-refractivity contribution < 1.29 is 0 Å². The number of rotatable bonds is 3. The van der Waals surface area contributed by atoms with Crippen LogP contribution in [0.3, 0.4) is 0 Å². The zero-order valence-corrected chi connectivity index (χ0v) is 11.7. The average molecular weight is 236 g/mol. The lowest BCUT2D eigenvalue weighted by Crippen LogP contribution is -2.67. The van der Waals surface area contributed by atoms with Crippen molar-refractivity contribution in [3.63, 3.8) is 0 Å². The summed E-state index contributed by atoms with van der Waals surface area (Å²) >= 11 is 0. The van der Waals surface area contributed by atoms with Crippen LogP contribution in [0, 0.1) is 11.8 Å². The van der Waals surface area contributed by atoms with Gasteiger partial charge in [0.1, 0.15) is 0 Å². The molecule has 98 valence electrons. The molecule has 2 heteroatoms. The van der Waals surface area contributed by atoms with E-state index in [4.69, 9.17) is 0 Å². The maximum absolute atomic E-state index is 3.82. The molecule has 0 aromatic rings. The molecule has 0 aromatic heterocycles. The van der Waals surface area contributed by atoms with Gasteiger partial charge in [0.15, 0.2) is 0 Å². The minimum absolute atomic E-state index is 0.532. The molecule has 2 unspecified atom stereocenters. The quantitative estimate of drug-likeness (QED) is 0.810. The van der Waals surface area contributed by atoms with Crippen LogP contribution in [0.25, 0.3) is 0 Å². The lowest BCUT2D eigenvalue weighted by atomic mass is 9.74. The van der Waals surface area contributed by atoms with Crippen molar-refractivity contribution in [3.8, 4) is 0 Å². The third kappa shape index (κ3) is 2.15. The normalized spacial score (nSPS) is 38.1. The third-order valence-corrected chi connectivity index (χ3v) is 5.47. The monoisotopic (exact) mass is 236 g/mol. The largest absolute Gasteiger partial charge is 0.311 e. The Balaban J connectivity index is 1.73. The Bertz CT molecular complexity index is 279. The minimum atomic E-state index is 0.532. The second-order valence-corrected chi connectivity index (χ2v) is 7.17. The van der Waals surface area contributed by atoms with Crippen molar-refractivity contribution in [2.45, 2.75) is 70.5 Å². The molecule has 2 aliphatic carbocycles. The fourth-order valence-corrected chi connectivity index (χ4v) is 3.80. The van der Waals surface area contributed by atoms with E-state index in [1.165, 1.54) is 45.2 Å². The molecule has 0 amide bonds. The molecule has 0 bridgehead atoms. The van der Waals surface area contributed by atoms with Crippen LogP contribution in [0.5, 0.6) is 0 Å². The summed E-state index contributed by atoms with van der Waals surface area (Å²) in [6.45, 7) is 9.80. The van der Waals surface area contributed by atoms with Crippen molar-refractivity contribution in [1.82, 2.24) is 10.2 Å². The molecule has 0 radical (unpaired) electrons. The number of piperazine rings is 1. The van der Waals surface area contributed by atoms with Gasteiger partial charge in [-0.3, -0.25) is 4.90 Å². The van der Waals surface area contributed by atoms with Gasteiger partial charge in [0.2, 0.25) is 0 Å². The lowest BCUT2D eigenvalue weighted by Gasteiger charge is -2.56. The van der Waals surface area contributed by atoms with E-state index in [-0.39, 0.29) is 0 Å². The van der Waals surface area contributed by atoms with Gasteiger partial charge in [-0.05, 0) is 50.9 Å². The van der Waals surface area contributed by atoms with Crippen molar-refractivity contribution in [3.05, 3.63) is 0 Å². The summed E-state index contributed by atoms with van der Waals surface area (Å²) in [5.74, 6) is 1.77. The lowest BCUT2D eigenvalue weighted by molar-refractivity contribution is -0.0450. The molecular formula is C15H28N2. The first-order chi connectivity index (χ1) is 8.10. The number of nitrogens with one attached hydrogen (secondary N) is 1. The predicted molar refractivity (Wildman–Crippen MR) is 72.1 cm³/mol. The molecule has 3 rings (SSSR count). The Morgan fingerprint density at radius 1 is 1.24 bits per heavy atom. The number of hydrogen-bond donors (Lipinski definition) is 1. The summed E-state index contributed by atoms with van der Waals surface area (Å²) in [7, 11) is 0. The number of hydrogen-bond acceptors (Lipinski definition) is 2. The standard InChI is InChI=1S/C15H28N2/c1-11(2)14-9-16-13(12-5-6-12)10-17(14)15(3)7-4-8-15/h11-14,16H,4-10H2,1-3H3. The van der Waals surface area contributed by atoms with Crippen molar-refractivity contribution in [1.29, 1.82) is 0 Å². The van der Waals surface area contributed by atoms with Gasteiger partial charge in [-0.2, -0.15) is 0 Å². The Morgan fingerprint density at radius 3 is 2.41 bits per heavy atom. The summed E-state index contributed by atoms with van der Waals surface area (Å²) in [4.78, 5) is 2.88. The first-order valence-corrected chi connectivity index (χ1v) is 7.60. The highest BCUT2D eigenvalue weighted by Gasteiger charge is 2.46.